The lowest BCUT2D eigenvalue weighted by Crippen LogP contribution is -2.40. The molecule has 2 aromatic carbocycles. The molecular weight excluding hydrogens is 447 g/mol. The molecule has 3 amide bonds. The molecule has 0 bridgehead atoms. The van der Waals surface area contributed by atoms with Crippen molar-refractivity contribution in [3.8, 4) is 0 Å². The van der Waals surface area contributed by atoms with Gasteiger partial charge in [-0.15, -0.1) is 0 Å². The Bertz CT molecular complexity index is 986. The molecule has 0 saturated carbocycles. The smallest absolute Gasteiger partial charge is 0.244 e. The largest absolute Gasteiger partial charge is 0.349 e. The molecule has 0 aliphatic rings. The molecule has 0 aromatic heterocycles. The van der Waals surface area contributed by atoms with Gasteiger partial charge in [-0.2, -0.15) is 0 Å². The minimum Gasteiger partial charge on any atom is -0.349 e. The van der Waals surface area contributed by atoms with Crippen LogP contribution in [0, 0.1) is 17.5 Å². The first-order valence-electron chi connectivity index (χ1n) is 9.86. The number of hydrogen-bond acceptors (Lipinski definition) is 3. The summed E-state index contributed by atoms with van der Waals surface area (Å²) in [6.07, 6.45) is 0.401. The molecule has 10 heteroatoms. The number of carbonyl (C=O) groups is 3. The summed E-state index contributed by atoms with van der Waals surface area (Å²) in [6, 6.07) is 7.55. The van der Waals surface area contributed by atoms with Gasteiger partial charge in [0.25, 0.3) is 0 Å². The fourth-order valence-electron chi connectivity index (χ4n) is 3.04. The Morgan fingerprint density at radius 1 is 1.03 bits per heavy atom. The first kappa shape index (κ1) is 25.2. The quantitative estimate of drug-likeness (QED) is 0.540. The number of halogens is 4. The first-order valence-corrected chi connectivity index (χ1v) is 10.2. The van der Waals surface area contributed by atoms with Gasteiger partial charge in [0.1, 0.15) is 0 Å². The molecule has 2 rings (SSSR count). The second-order valence-corrected chi connectivity index (χ2v) is 7.53. The summed E-state index contributed by atoms with van der Waals surface area (Å²) in [6.45, 7) is 2.91. The maximum atomic E-state index is 13.8. The highest BCUT2D eigenvalue weighted by atomic mass is 35.5. The Kier molecular flexibility index (Phi) is 9.07. The van der Waals surface area contributed by atoms with E-state index in [0.717, 1.165) is 6.07 Å². The van der Waals surface area contributed by atoms with Crippen molar-refractivity contribution in [3.63, 3.8) is 0 Å². The Hall–Kier alpha value is -3.07. The van der Waals surface area contributed by atoms with E-state index in [4.69, 9.17) is 11.6 Å². The summed E-state index contributed by atoms with van der Waals surface area (Å²) in [4.78, 5) is 38.1. The second kappa shape index (κ2) is 11.5. The summed E-state index contributed by atoms with van der Waals surface area (Å²) in [5.41, 5.74) is 0.123. The highest BCUT2D eigenvalue weighted by Crippen LogP contribution is 2.22. The van der Waals surface area contributed by atoms with E-state index >= 15 is 0 Å². The van der Waals surface area contributed by atoms with E-state index in [-0.39, 0.29) is 18.9 Å². The monoisotopic (exact) mass is 469 g/mol. The van der Waals surface area contributed by atoms with Crippen LogP contribution in [0.1, 0.15) is 38.3 Å². The van der Waals surface area contributed by atoms with Crippen LogP contribution in [0.5, 0.6) is 0 Å². The van der Waals surface area contributed by atoms with Gasteiger partial charge < -0.3 is 15.5 Å². The summed E-state index contributed by atoms with van der Waals surface area (Å²) >= 11 is 5.89. The van der Waals surface area contributed by atoms with Crippen molar-refractivity contribution >= 4 is 35.0 Å². The van der Waals surface area contributed by atoms with Gasteiger partial charge in [-0.25, -0.2) is 13.2 Å². The van der Waals surface area contributed by atoms with E-state index < -0.39 is 47.5 Å². The minimum atomic E-state index is -1.70. The van der Waals surface area contributed by atoms with Gasteiger partial charge >= 0.3 is 0 Å². The van der Waals surface area contributed by atoms with E-state index in [2.05, 4.69) is 10.6 Å². The number of nitrogens with zero attached hydrogens (tertiary/aromatic N) is 1. The van der Waals surface area contributed by atoms with Crippen molar-refractivity contribution in [2.75, 3.05) is 18.4 Å². The SMILES string of the molecule is CCCN(CC(=O)Nc1ccc(F)c(F)c1F)C(=O)CC(NC(C)=O)c1ccc(Cl)cc1. The van der Waals surface area contributed by atoms with Gasteiger partial charge in [0.05, 0.1) is 24.7 Å². The van der Waals surface area contributed by atoms with Crippen LogP contribution in [-0.4, -0.2) is 35.7 Å². The van der Waals surface area contributed by atoms with Crippen molar-refractivity contribution in [2.24, 2.45) is 0 Å². The summed E-state index contributed by atoms with van der Waals surface area (Å²) in [5.74, 6) is -6.16. The zero-order chi connectivity index (χ0) is 23.8. The van der Waals surface area contributed by atoms with Crippen molar-refractivity contribution in [1.82, 2.24) is 10.2 Å². The third kappa shape index (κ3) is 6.98. The van der Waals surface area contributed by atoms with Crippen LogP contribution in [0.25, 0.3) is 0 Å². The van der Waals surface area contributed by atoms with E-state index in [1.54, 1.807) is 31.2 Å². The van der Waals surface area contributed by atoms with Crippen LogP contribution in [0.15, 0.2) is 36.4 Å². The van der Waals surface area contributed by atoms with Crippen molar-refractivity contribution in [1.29, 1.82) is 0 Å². The maximum Gasteiger partial charge on any atom is 0.244 e. The Labute approximate surface area is 188 Å². The first-order chi connectivity index (χ1) is 15.1. The van der Waals surface area contributed by atoms with Crippen LogP contribution >= 0.6 is 11.6 Å². The lowest BCUT2D eigenvalue weighted by atomic mass is 10.0. The van der Waals surface area contributed by atoms with Gasteiger partial charge in [-0.05, 0) is 36.2 Å². The highest BCUT2D eigenvalue weighted by Gasteiger charge is 2.23. The number of hydrogen-bond donors (Lipinski definition) is 2. The summed E-state index contributed by atoms with van der Waals surface area (Å²) < 4.78 is 40.3. The van der Waals surface area contributed by atoms with Gasteiger partial charge in [0, 0.05) is 18.5 Å². The molecule has 32 heavy (non-hydrogen) atoms. The zero-order valence-electron chi connectivity index (χ0n) is 17.6. The van der Waals surface area contributed by atoms with Crippen molar-refractivity contribution in [2.45, 2.75) is 32.7 Å². The van der Waals surface area contributed by atoms with Crippen LogP contribution in [0.3, 0.4) is 0 Å². The fraction of sp³-hybridized carbons (Fsp3) is 0.318. The van der Waals surface area contributed by atoms with Crippen molar-refractivity contribution < 1.29 is 27.6 Å². The van der Waals surface area contributed by atoms with Gasteiger partial charge in [0.15, 0.2) is 17.5 Å². The number of carbonyl (C=O) groups excluding carboxylic acids is 3. The Balaban J connectivity index is 2.12. The van der Waals surface area contributed by atoms with E-state index in [1.165, 1.54) is 11.8 Å². The molecule has 0 heterocycles. The Morgan fingerprint density at radius 3 is 2.28 bits per heavy atom. The predicted octanol–water partition coefficient (Wildman–Crippen LogP) is 4.20. The van der Waals surface area contributed by atoms with Crippen LogP contribution in [0.4, 0.5) is 18.9 Å². The average Bonchev–Trinajstić information content (AvgIpc) is 2.73. The predicted molar refractivity (Wildman–Crippen MR) is 114 cm³/mol. The molecule has 0 aliphatic carbocycles. The van der Waals surface area contributed by atoms with Gasteiger partial charge in [-0.3, -0.25) is 14.4 Å². The maximum absolute atomic E-state index is 13.8. The molecule has 2 aromatic rings. The summed E-state index contributed by atoms with van der Waals surface area (Å²) in [7, 11) is 0. The number of nitrogens with one attached hydrogen (secondary N) is 2. The van der Waals surface area contributed by atoms with Gasteiger partial charge in [0.2, 0.25) is 17.7 Å². The topological polar surface area (TPSA) is 78.5 Å². The lowest BCUT2D eigenvalue weighted by molar-refractivity contribution is -0.135. The standard InChI is InChI=1S/C22H23ClF3N3O3/c1-3-10-29(12-19(31)28-17-9-8-16(24)21(25)22(17)26)20(32)11-18(27-13(2)30)14-4-6-15(23)7-5-14/h4-9,18H,3,10-12H2,1-2H3,(H,27,30)(H,28,31). The molecule has 0 fully saturated rings. The van der Waals surface area contributed by atoms with E-state index in [9.17, 15) is 27.6 Å². The third-order valence-electron chi connectivity index (χ3n) is 4.52. The number of rotatable bonds is 9. The molecular formula is C22H23ClF3N3O3. The van der Waals surface area contributed by atoms with E-state index in [0.29, 0.717) is 23.1 Å². The molecule has 0 radical (unpaired) electrons. The molecule has 1 atom stereocenters. The van der Waals surface area contributed by atoms with Gasteiger partial charge in [-0.1, -0.05) is 30.7 Å². The second-order valence-electron chi connectivity index (χ2n) is 7.10. The van der Waals surface area contributed by atoms with Crippen LogP contribution < -0.4 is 10.6 Å². The molecule has 0 saturated heterocycles. The van der Waals surface area contributed by atoms with E-state index in [1.807, 2.05) is 0 Å². The van der Waals surface area contributed by atoms with Crippen LogP contribution in [0.2, 0.25) is 5.02 Å². The molecule has 2 N–H and O–H groups in total. The molecule has 6 nitrogen and oxygen atoms in total. The Morgan fingerprint density at radius 2 is 1.69 bits per heavy atom. The van der Waals surface area contributed by atoms with Crippen LogP contribution in [-0.2, 0) is 14.4 Å². The molecule has 0 aliphatic heterocycles. The third-order valence-corrected chi connectivity index (χ3v) is 4.77. The average molecular weight is 470 g/mol. The number of amides is 3. The number of benzene rings is 2. The highest BCUT2D eigenvalue weighted by molar-refractivity contribution is 6.30. The molecule has 0 spiro atoms. The lowest BCUT2D eigenvalue weighted by Gasteiger charge is -2.25. The van der Waals surface area contributed by atoms with Crippen molar-refractivity contribution in [3.05, 3.63) is 64.4 Å². The number of anilines is 1. The molecule has 172 valence electrons. The zero-order valence-corrected chi connectivity index (χ0v) is 18.3. The molecule has 1 unspecified atom stereocenters. The normalized spacial score (nSPS) is 11.6. The fourth-order valence-corrected chi connectivity index (χ4v) is 3.17. The minimum absolute atomic E-state index is 0.131. The summed E-state index contributed by atoms with van der Waals surface area (Å²) in [5, 5.41) is 5.34.